The van der Waals surface area contributed by atoms with Crippen molar-refractivity contribution in [2.75, 3.05) is 5.32 Å². The molecular formula is C23H25ClN2O. The highest BCUT2D eigenvalue weighted by molar-refractivity contribution is 5.96. The lowest BCUT2D eigenvalue weighted by Crippen LogP contribution is -2.22. The molecule has 1 aliphatic carbocycles. The molecule has 27 heavy (non-hydrogen) atoms. The van der Waals surface area contributed by atoms with Crippen molar-refractivity contribution in [1.82, 2.24) is 0 Å². The first-order chi connectivity index (χ1) is 12.6. The van der Waals surface area contributed by atoms with E-state index in [1.807, 2.05) is 36.4 Å². The van der Waals surface area contributed by atoms with Crippen molar-refractivity contribution in [3.05, 3.63) is 77.9 Å². The SMILES string of the molecule is CCC1(N)CC1c1cccc(NC(=O)Cc2cccc3ccccc23)c1.Cl. The quantitative estimate of drug-likeness (QED) is 0.651. The molecule has 1 amide bonds. The molecule has 0 radical (unpaired) electrons. The number of nitrogens with one attached hydrogen (secondary N) is 1. The van der Waals surface area contributed by atoms with E-state index < -0.39 is 0 Å². The predicted molar refractivity (Wildman–Crippen MR) is 115 cm³/mol. The van der Waals surface area contributed by atoms with E-state index in [9.17, 15) is 4.79 Å². The Balaban J connectivity index is 0.00000210. The van der Waals surface area contributed by atoms with Gasteiger partial charge in [-0.2, -0.15) is 0 Å². The molecule has 3 N–H and O–H groups in total. The van der Waals surface area contributed by atoms with Gasteiger partial charge < -0.3 is 11.1 Å². The maximum atomic E-state index is 12.6. The number of nitrogens with two attached hydrogens (primary N) is 1. The van der Waals surface area contributed by atoms with E-state index in [2.05, 4.69) is 42.6 Å². The minimum absolute atomic E-state index is 0. The number of amides is 1. The molecule has 4 rings (SSSR count). The second-order valence-electron chi connectivity index (χ2n) is 7.33. The van der Waals surface area contributed by atoms with Crippen LogP contribution in [0.4, 0.5) is 5.69 Å². The van der Waals surface area contributed by atoms with E-state index >= 15 is 0 Å². The first kappa shape index (κ1) is 19.4. The normalized spacial score (nSPS) is 20.7. The lowest BCUT2D eigenvalue weighted by Gasteiger charge is -2.11. The van der Waals surface area contributed by atoms with Gasteiger partial charge in [0.2, 0.25) is 5.91 Å². The highest BCUT2D eigenvalue weighted by Crippen LogP contribution is 2.51. The summed E-state index contributed by atoms with van der Waals surface area (Å²) in [4.78, 5) is 12.6. The number of hydrogen-bond acceptors (Lipinski definition) is 2. The first-order valence-corrected chi connectivity index (χ1v) is 9.24. The molecule has 1 aliphatic rings. The molecule has 2 atom stereocenters. The van der Waals surface area contributed by atoms with Gasteiger partial charge in [-0.3, -0.25) is 4.79 Å². The molecule has 1 fully saturated rings. The average molecular weight is 381 g/mol. The molecule has 0 aromatic heterocycles. The molecule has 0 saturated heterocycles. The molecule has 0 bridgehead atoms. The summed E-state index contributed by atoms with van der Waals surface area (Å²) >= 11 is 0. The summed E-state index contributed by atoms with van der Waals surface area (Å²) in [6.07, 6.45) is 2.37. The van der Waals surface area contributed by atoms with Crippen molar-refractivity contribution < 1.29 is 4.79 Å². The van der Waals surface area contributed by atoms with Gasteiger partial charge in [0.15, 0.2) is 0 Å². The van der Waals surface area contributed by atoms with Crippen molar-refractivity contribution in [3.63, 3.8) is 0 Å². The first-order valence-electron chi connectivity index (χ1n) is 9.24. The standard InChI is InChI=1S/C23H24N2O.ClH/c1-2-23(24)15-21(23)18-10-6-11-19(13-18)25-22(26)14-17-9-5-8-16-7-3-4-12-20(16)17;/h3-13,21H,2,14-15,24H2,1H3,(H,25,26);1H. The second kappa shape index (κ2) is 7.71. The van der Waals surface area contributed by atoms with Crippen LogP contribution in [0.2, 0.25) is 0 Å². The fraction of sp³-hybridized carbons (Fsp3) is 0.261. The number of carbonyl (C=O) groups is 1. The van der Waals surface area contributed by atoms with Crippen molar-refractivity contribution in [1.29, 1.82) is 0 Å². The smallest absolute Gasteiger partial charge is 0.228 e. The largest absolute Gasteiger partial charge is 0.326 e. The summed E-state index contributed by atoms with van der Waals surface area (Å²) in [5.41, 5.74) is 9.39. The van der Waals surface area contributed by atoms with E-state index in [4.69, 9.17) is 5.73 Å². The Morgan fingerprint density at radius 1 is 1.11 bits per heavy atom. The van der Waals surface area contributed by atoms with Gasteiger partial charge in [0.05, 0.1) is 6.42 Å². The van der Waals surface area contributed by atoms with Crippen LogP contribution in [0.1, 0.15) is 36.8 Å². The highest BCUT2D eigenvalue weighted by Gasteiger charge is 2.49. The predicted octanol–water partition coefficient (Wildman–Crippen LogP) is 5.04. The topological polar surface area (TPSA) is 55.1 Å². The van der Waals surface area contributed by atoms with Crippen molar-refractivity contribution in [2.24, 2.45) is 5.73 Å². The fourth-order valence-corrected chi connectivity index (χ4v) is 3.82. The van der Waals surface area contributed by atoms with Crippen LogP contribution in [0.3, 0.4) is 0 Å². The monoisotopic (exact) mass is 380 g/mol. The minimum atomic E-state index is -0.0639. The molecule has 1 saturated carbocycles. The zero-order valence-corrected chi connectivity index (χ0v) is 16.3. The zero-order chi connectivity index (χ0) is 18.1. The van der Waals surface area contributed by atoms with Crippen LogP contribution in [0.25, 0.3) is 10.8 Å². The molecule has 4 heteroatoms. The molecule has 3 aromatic carbocycles. The summed E-state index contributed by atoms with van der Waals surface area (Å²) in [5.74, 6) is 0.409. The van der Waals surface area contributed by atoms with Crippen LogP contribution in [-0.2, 0) is 11.2 Å². The number of carbonyl (C=O) groups excluding carboxylic acids is 1. The second-order valence-corrected chi connectivity index (χ2v) is 7.33. The molecular weight excluding hydrogens is 356 g/mol. The lowest BCUT2D eigenvalue weighted by molar-refractivity contribution is -0.115. The number of rotatable bonds is 5. The van der Waals surface area contributed by atoms with Crippen LogP contribution in [0, 0.1) is 0 Å². The van der Waals surface area contributed by atoms with Crippen LogP contribution in [-0.4, -0.2) is 11.4 Å². The maximum absolute atomic E-state index is 12.6. The highest BCUT2D eigenvalue weighted by atomic mass is 35.5. The van der Waals surface area contributed by atoms with Gasteiger partial charge in [-0.1, -0.05) is 61.5 Å². The Kier molecular flexibility index (Phi) is 5.54. The zero-order valence-electron chi connectivity index (χ0n) is 15.4. The average Bonchev–Trinajstić information content (AvgIpc) is 3.35. The Morgan fingerprint density at radius 3 is 2.63 bits per heavy atom. The van der Waals surface area contributed by atoms with Gasteiger partial charge in [-0.05, 0) is 46.9 Å². The number of benzene rings is 3. The minimum Gasteiger partial charge on any atom is -0.326 e. The van der Waals surface area contributed by atoms with Crippen LogP contribution in [0.5, 0.6) is 0 Å². The molecule has 0 aliphatic heterocycles. The van der Waals surface area contributed by atoms with Gasteiger partial charge in [-0.15, -0.1) is 12.4 Å². The van der Waals surface area contributed by atoms with E-state index in [1.54, 1.807) is 0 Å². The van der Waals surface area contributed by atoms with Crippen LogP contribution < -0.4 is 11.1 Å². The summed E-state index contributed by atoms with van der Waals surface area (Å²) < 4.78 is 0. The van der Waals surface area contributed by atoms with Gasteiger partial charge in [0, 0.05) is 17.1 Å². The molecule has 140 valence electrons. The summed E-state index contributed by atoms with van der Waals surface area (Å²) in [5, 5.41) is 5.34. The third-order valence-corrected chi connectivity index (χ3v) is 5.58. The van der Waals surface area contributed by atoms with E-state index in [1.165, 1.54) is 5.56 Å². The van der Waals surface area contributed by atoms with E-state index in [0.29, 0.717) is 12.3 Å². The third-order valence-electron chi connectivity index (χ3n) is 5.58. The van der Waals surface area contributed by atoms with Crippen molar-refractivity contribution in [2.45, 2.75) is 37.6 Å². The van der Waals surface area contributed by atoms with Crippen LogP contribution >= 0.6 is 12.4 Å². The Hall–Kier alpha value is -2.36. The van der Waals surface area contributed by atoms with E-state index in [-0.39, 0.29) is 23.9 Å². The van der Waals surface area contributed by atoms with Gasteiger partial charge >= 0.3 is 0 Å². The summed E-state index contributed by atoms with van der Waals surface area (Å²) in [6, 6.07) is 22.4. The van der Waals surface area contributed by atoms with Gasteiger partial charge in [0.1, 0.15) is 0 Å². The summed E-state index contributed by atoms with van der Waals surface area (Å²) in [6.45, 7) is 2.13. The Labute approximate surface area is 166 Å². The molecule has 3 aromatic rings. The van der Waals surface area contributed by atoms with Crippen LogP contribution in [0.15, 0.2) is 66.7 Å². The summed E-state index contributed by atoms with van der Waals surface area (Å²) in [7, 11) is 0. The maximum Gasteiger partial charge on any atom is 0.228 e. The van der Waals surface area contributed by atoms with Crippen molar-refractivity contribution >= 4 is 34.8 Å². The van der Waals surface area contributed by atoms with E-state index in [0.717, 1.165) is 34.9 Å². The Morgan fingerprint density at radius 2 is 1.85 bits per heavy atom. The number of hydrogen-bond donors (Lipinski definition) is 2. The molecule has 0 heterocycles. The number of anilines is 1. The molecule has 0 spiro atoms. The fourth-order valence-electron chi connectivity index (χ4n) is 3.82. The van der Waals surface area contributed by atoms with Gasteiger partial charge in [0.25, 0.3) is 0 Å². The molecule has 2 unspecified atom stereocenters. The van der Waals surface area contributed by atoms with Gasteiger partial charge in [-0.25, -0.2) is 0 Å². The number of halogens is 1. The van der Waals surface area contributed by atoms with Crippen molar-refractivity contribution in [3.8, 4) is 0 Å². The molecule has 3 nitrogen and oxygen atoms in total. The Bertz CT molecular complexity index is 966. The third kappa shape index (κ3) is 4.00. The lowest BCUT2D eigenvalue weighted by atomic mass is 10.0. The number of fused-ring (bicyclic) bond motifs is 1.